The average molecular weight is 492 g/mol. The van der Waals surface area contributed by atoms with E-state index in [9.17, 15) is 0 Å². The summed E-state index contributed by atoms with van der Waals surface area (Å²) in [6.45, 7) is 4.02. The van der Waals surface area contributed by atoms with E-state index >= 15 is 0 Å². The molecule has 0 radical (unpaired) electrons. The summed E-state index contributed by atoms with van der Waals surface area (Å²) in [4.78, 5) is 2.70. The summed E-state index contributed by atoms with van der Waals surface area (Å²) in [5.74, 6) is 1.86. The first-order valence-electron chi connectivity index (χ1n) is 12.0. The molecule has 1 aliphatic rings. The number of hydrogen-bond acceptors (Lipinski definition) is 2. The molecule has 4 rings (SSSR count). The molecule has 0 saturated heterocycles. The van der Waals surface area contributed by atoms with Gasteiger partial charge in [0, 0.05) is 30.0 Å². The van der Waals surface area contributed by atoms with Gasteiger partial charge in [0.15, 0.2) is 0 Å². The molecule has 2 nitrogen and oxygen atoms in total. The highest BCUT2D eigenvalue weighted by atomic mass is 79.9. The molecule has 0 unspecified atom stereocenters. The van der Waals surface area contributed by atoms with Crippen LogP contribution < -0.4 is 5.73 Å². The van der Waals surface area contributed by atoms with Gasteiger partial charge in [0.05, 0.1) is 0 Å². The molecule has 0 amide bonds. The summed E-state index contributed by atoms with van der Waals surface area (Å²) in [6.07, 6.45) is 5.18. The van der Waals surface area contributed by atoms with Gasteiger partial charge in [-0.3, -0.25) is 4.90 Å². The number of rotatable bonds is 9. The van der Waals surface area contributed by atoms with Gasteiger partial charge in [0.1, 0.15) is 0 Å². The lowest BCUT2D eigenvalue weighted by atomic mass is 9.81. The van der Waals surface area contributed by atoms with E-state index in [4.69, 9.17) is 5.73 Å². The van der Waals surface area contributed by atoms with Crippen molar-refractivity contribution in [2.24, 2.45) is 17.6 Å². The molecule has 168 valence electrons. The van der Waals surface area contributed by atoms with E-state index in [-0.39, 0.29) is 0 Å². The number of nitrogens with two attached hydrogens (primary N) is 1. The summed E-state index contributed by atoms with van der Waals surface area (Å²) in [7, 11) is 0. The van der Waals surface area contributed by atoms with Gasteiger partial charge in [-0.05, 0) is 72.9 Å². The van der Waals surface area contributed by atoms with E-state index in [0.717, 1.165) is 42.5 Å². The van der Waals surface area contributed by atoms with Gasteiger partial charge < -0.3 is 5.73 Å². The van der Waals surface area contributed by atoms with Gasteiger partial charge in [-0.2, -0.15) is 0 Å². The molecule has 1 saturated carbocycles. The van der Waals surface area contributed by atoms with E-state index in [2.05, 4.69) is 106 Å². The van der Waals surface area contributed by atoms with Gasteiger partial charge in [0.2, 0.25) is 0 Å². The molecule has 1 fully saturated rings. The Morgan fingerprint density at radius 1 is 0.750 bits per heavy atom. The number of halogens is 1. The standard InChI is InChI=1S/C29H35BrN2/c30-28-17-15-25(16-18-28)21-32(20-24-13-11-23(19-31)12-14-24)22-29(26-7-3-1-4-8-26)27-9-5-2-6-10-27/h1-10,15-18,23-24,29H,11-14,19-22,31H2. The zero-order chi connectivity index (χ0) is 22.2. The van der Waals surface area contributed by atoms with Crippen LogP contribution in [0.2, 0.25) is 0 Å². The average Bonchev–Trinajstić information content (AvgIpc) is 2.85. The van der Waals surface area contributed by atoms with Crippen LogP contribution in [0.4, 0.5) is 0 Å². The predicted octanol–water partition coefficient (Wildman–Crippen LogP) is 6.85. The molecule has 0 heterocycles. The maximum Gasteiger partial charge on any atom is 0.0234 e. The lowest BCUT2D eigenvalue weighted by molar-refractivity contribution is 0.172. The molecule has 0 aromatic heterocycles. The SMILES string of the molecule is NCC1CCC(CN(Cc2ccc(Br)cc2)CC(c2ccccc2)c2ccccc2)CC1. The molecule has 0 atom stereocenters. The molecule has 0 aliphatic heterocycles. The van der Waals surface area contributed by atoms with Crippen LogP contribution in [0.5, 0.6) is 0 Å². The fourth-order valence-electron chi connectivity index (χ4n) is 5.10. The third-order valence-electron chi connectivity index (χ3n) is 6.98. The summed E-state index contributed by atoms with van der Waals surface area (Å²) in [5.41, 5.74) is 10.1. The molecule has 3 aromatic carbocycles. The van der Waals surface area contributed by atoms with Crippen LogP contribution in [0.1, 0.15) is 48.3 Å². The van der Waals surface area contributed by atoms with Crippen molar-refractivity contribution < 1.29 is 0 Å². The van der Waals surface area contributed by atoms with E-state index in [1.54, 1.807) is 0 Å². The normalized spacial score (nSPS) is 18.9. The highest BCUT2D eigenvalue weighted by Gasteiger charge is 2.25. The van der Waals surface area contributed by atoms with Crippen molar-refractivity contribution in [2.75, 3.05) is 19.6 Å². The van der Waals surface area contributed by atoms with Gasteiger partial charge in [0.25, 0.3) is 0 Å². The first-order chi connectivity index (χ1) is 15.7. The van der Waals surface area contributed by atoms with Crippen molar-refractivity contribution in [3.8, 4) is 0 Å². The maximum absolute atomic E-state index is 5.94. The van der Waals surface area contributed by atoms with Crippen LogP contribution in [0.3, 0.4) is 0 Å². The Balaban J connectivity index is 1.56. The highest BCUT2D eigenvalue weighted by molar-refractivity contribution is 9.10. The first kappa shape index (κ1) is 23.2. The van der Waals surface area contributed by atoms with Gasteiger partial charge >= 0.3 is 0 Å². The molecule has 32 heavy (non-hydrogen) atoms. The van der Waals surface area contributed by atoms with Crippen LogP contribution in [0.25, 0.3) is 0 Å². The number of benzene rings is 3. The third kappa shape index (κ3) is 6.54. The van der Waals surface area contributed by atoms with Crippen molar-refractivity contribution in [3.63, 3.8) is 0 Å². The second-order valence-electron chi connectivity index (χ2n) is 9.32. The molecule has 0 bridgehead atoms. The van der Waals surface area contributed by atoms with Crippen LogP contribution in [-0.4, -0.2) is 24.5 Å². The van der Waals surface area contributed by atoms with E-state index in [0.29, 0.717) is 5.92 Å². The van der Waals surface area contributed by atoms with Gasteiger partial charge in [-0.1, -0.05) is 88.7 Å². The number of nitrogens with zero attached hydrogens (tertiary/aromatic N) is 1. The highest BCUT2D eigenvalue weighted by Crippen LogP contribution is 2.31. The third-order valence-corrected chi connectivity index (χ3v) is 7.51. The molecular weight excluding hydrogens is 456 g/mol. The Kier molecular flexibility index (Phi) is 8.55. The minimum absolute atomic E-state index is 0.369. The predicted molar refractivity (Wildman–Crippen MR) is 139 cm³/mol. The topological polar surface area (TPSA) is 29.3 Å². The maximum atomic E-state index is 5.94. The van der Waals surface area contributed by atoms with Crippen molar-refractivity contribution in [2.45, 2.75) is 38.1 Å². The Labute approximate surface area is 202 Å². The van der Waals surface area contributed by atoms with E-state index < -0.39 is 0 Å². The Hall–Kier alpha value is -1.94. The summed E-state index contributed by atoms with van der Waals surface area (Å²) in [5, 5.41) is 0. The quantitative estimate of drug-likeness (QED) is 0.355. The Morgan fingerprint density at radius 2 is 1.28 bits per heavy atom. The van der Waals surface area contributed by atoms with Crippen molar-refractivity contribution in [1.82, 2.24) is 4.90 Å². The van der Waals surface area contributed by atoms with Crippen LogP contribution in [0, 0.1) is 11.8 Å². The van der Waals surface area contributed by atoms with E-state index in [1.807, 2.05) is 0 Å². The lowest BCUT2D eigenvalue weighted by Crippen LogP contribution is -2.35. The Morgan fingerprint density at radius 3 is 1.81 bits per heavy atom. The fourth-order valence-corrected chi connectivity index (χ4v) is 5.36. The van der Waals surface area contributed by atoms with Crippen LogP contribution >= 0.6 is 15.9 Å². The van der Waals surface area contributed by atoms with Gasteiger partial charge in [-0.25, -0.2) is 0 Å². The molecule has 3 heteroatoms. The fraction of sp³-hybridized carbons (Fsp3) is 0.379. The summed E-state index contributed by atoms with van der Waals surface area (Å²) >= 11 is 3.58. The number of hydrogen-bond donors (Lipinski definition) is 1. The van der Waals surface area contributed by atoms with Gasteiger partial charge in [-0.15, -0.1) is 0 Å². The second kappa shape index (κ2) is 11.8. The zero-order valence-corrected chi connectivity index (χ0v) is 20.5. The zero-order valence-electron chi connectivity index (χ0n) is 18.9. The van der Waals surface area contributed by atoms with Crippen molar-refractivity contribution in [1.29, 1.82) is 0 Å². The van der Waals surface area contributed by atoms with Crippen molar-refractivity contribution in [3.05, 3.63) is 106 Å². The lowest BCUT2D eigenvalue weighted by Gasteiger charge is -2.34. The Bertz CT molecular complexity index is 879. The smallest absolute Gasteiger partial charge is 0.0234 e. The molecule has 1 aliphatic carbocycles. The molecule has 3 aromatic rings. The summed E-state index contributed by atoms with van der Waals surface area (Å²) in [6, 6.07) is 30.8. The summed E-state index contributed by atoms with van der Waals surface area (Å²) < 4.78 is 1.14. The minimum atomic E-state index is 0.369. The minimum Gasteiger partial charge on any atom is -0.330 e. The molecule has 2 N–H and O–H groups in total. The van der Waals surface area contributed by atoms with Crippen molar-refractivity contribution >= 4 is 15.9 Å². The van der Waals surface area contributed by atoms with Crippen LogP contribution in [-0.2, 0) is 6.54 Å². The first-order valence-corrected chi connectivity index (χ1v) is 12.8. The second-order valence-corrected chi connectivity index (χ2v) is 10.2. The van der Waals surface area contributed by atoms with Crippen LogP contribution in [0.15, 0.2) is 89.4 Å². The molecular formula is C29H35BrN2. The monoisotopic (exact) mass is 490 g/mol. The van der Waals surface area contributed by atoms with E-state index in [1.165, 1.54) is 42.4 Å². The molecule has 0 spiro atoms. The largest absolute Gasteiger partial charge is 0.330 e.